The summed E-state index contributed by atoms with van der Waals surface area (Å²) in [5.41, 5.74) is 7.91. The molecule has 0 aliphatic carbocycles. The molecule has 0 spiro atoms. The van der Waals surface area contributed by atoms with Crippen molar-refractivity contribution in [3.8, 4) is 11.4 Å². The molecule has 38 heavy (non-hydrogen) atoms. The highest BCUT2D eigenvalue weighted by Gasteiger charge is 2.25. The number of anilines is 4. The second-order valence-electron chi connectivity index (χ2n) is 8.85. The Balaban J connectivity index is 1.77. The van der Waals surface area contributed by atoms with Crippen LogP contribution < -0.4 is 20.6 Å². The van der Waals surface area contributed by atoms with Crippen LogP contribution in [0.1, 0.15) is 24.4 Å². The minimum atomic E-state index is -4.18. The fourth-order valence-corrected chi connectivity index (χ4v) is 5.24. The van der Waals surface area contributed by atoms with Crippen LogP contribution in [0.3, 0.4) is 0 Å². The summed E-state index contributed by atoms with van der Waals surface area (Å²) in [6.45, 7) is 6.77. The van der Waals surface area contributed by atoms with Gasteiger partial charge < -0.3 is 15.8 Å². The molecule has 1 aliphatic heterocycles. The smallest absolute Gasteiger partial charge is 0.312 e. The van der Waals surface area contributed by atoms with E-state index < -0.39 is 10.2 Å². The van der Waals surface area contributed by atoms with E-state index in [4.69, 9.17) is 27.2 Å². The zero-order chi connectivity index (χ0) is 27.6. The molecule has 204 valence electrons. The molecule has 1 fully saturated rings. The number of ether oxygens (including phenoxy) is 1. The van der Waals surface area contributed by atoms with Crippen LogP contribution >= 0.6 is 11.6 Å². The Morgan fingerprint density at radius 1 is 1.13 bits per heavy atom. The molecule has 1 unspecified atom stereocenters. The molecule has 1 aliphatic rings. The average Bonchev–Trinajstić information content (AvgIpc) is 2.84. The number of pyridine rings is 2. The zero-order valence-electron chi connectivity index (χ0n) is 21.5. The van der Waals surface area contributed by atoms with Gasteiger partial charge >= 0.3 is 10.2 Å². The first kappa shape index (κ1) is 27.8. The van der Waals surface area contributed by atoms with Gasteiger partial charge in [-0.1, -0.05) is 11.6 Å². The van der Waals surface area contributed by atoms with Crippen LogP contribution in [0.4, 0.5) is 23.1 Å². The normalized spacial score (nSPS) is 15.4. The van der Waals surface area contributed by atoms with Gasteiger partial charge in [-0.2, -0.15) is 22.8 Å². The highest BCUT2D eigenvalue weighted by Crippen LogP contribution is 2.34. The lowest BCUT2D eigenvalue weighted by Gasteiger charge is -2.32. The molecule has 4 heterocycles. The summed E-state index contributed by atoms with van der Waals surface area (Å²) in [7, 11) is -1.15. The van der Waals surface area contributed by atoms with Crippen LogP contribution in [0.5, 0.6) is 0 Å². The lowest BCUT2D eigenvalue weighted by atomic mass is 10.1. The van der Waals surface area contributed by atoms with Gasteiger partial charge in [-0.3, -0.25) is 4.90 Å². The molecule has 5 N–H and O–H groups in total. The van der Waals surface area contributed by atoms with Crippen LogP contribution in [0, 0.1) is 6.92 Å². The molecule has 3 aromatic heterocycles. The third-order valence-corrected chi connectivity index (χ3v) is 7.18. The molecule has 16 heteroatoms. The van der Waals surface area contributed by atoms with Gasteiger partial charge in [0, 0.05) is 39.4 Å². The Labute approximate surface area is 226 Å². The van der Waals surface area contributed by atoms with Crippen LogP contribution in [0.15, 0.2) is 24.5 Å². The van der Waals surface area contributed by atoms with Crippen molar-refractivity contribution in [1.29, 1.82) is 0 Å². The van der Waals surface area contributed by atoms with Gasteiger partial charge in [0.1, 0.15) is 17.3 Å². The van der Waals surface area contributed by atoms with E-state index in [9.17, 15) is 8.42 Å². The van der Waals surface area contributed by atoms with Crippen LogP contribution in [0.25, 0.3) is 11.4 Å². The van der Waals surface area contributed by atoms with E-state index >= 15 is 0 Å². The SMILES string of the molecule is Cc1nc(N)nc(-c2cc(C(C)N3CCOCC3)cnc2Nc2cnc(Cl)c(N(N(C)C)S(N)(=O)=O)c2)n1. The first-order valence-electron chi connectivity index (χ1n) is 11.7. The Bertz CT molecular complexity index is 1400. The molecule has 3 aromatic rings. The van der Waals surface area contributed by atoms with Gasteiger partial charge in [0.05, 0.1) is 30.7 Å². The van der Waals surface area contributed by atoms with Crippen molar-refractivity contribution in [3.05, 3.63) is 41.1 Å². The Morgan fingerprint density at radius 2 is 1.84 bits per heavy atom. The van der Waals surface area contributed by atoms with Crippen molar-refractivity contribution >= 4 is 45.0 Å². The minimum absolute atomic E-state index is 0.0537. The predicted molar refractivity (Wildman–Crippen MR) is 145 cm³/mol. The maximum Gasteiger partial charge on any atom is 0.312 e. The second kappa shape index (κ2) is 11.3. The number of nitrogens with one attached hydrogen (secondary N) is 1. The Kier molecular flexibility index (Phi) is 8.25. The largest absolute Gasteiger partial charge is 0.379 e. The summed E-state index contributed by atoms with van der Waals surface area (Å²) in [4.78, 5) is 24.0. The number of hydrogen-bond donors (Lipinski definition) is 3. The molecule has 4 rings (SSSR count). The summed E-state index contributed by atoms with van der Waals surface area (Å²) >= 11 is 6.24. The molecule has 0 amide bonds. The maximum atomic E-state index is 12.2. The van der Waals surface area contributed by atoms with Crippen molar-refractivity contribution in [2.24, 2.45) is 5.14 Å². The minimum Gasteiger partial charge on any atom is -0.379 e. The molecule has 1 saturated heterocycles. The van der Waals surface area contributed by atoms with E-state index in [1.807, 2.05) is 6.07 Å². The number of aryl methyl sites for hydroxylation is 1. The maximum absolute atomic E-state index is 12.2. The summed E-state index contributed by atoms with van der Waals surface area (Å²) in [6, 6.07) is 3.51. The topological polar surface area (TPSA) is 182 Å². The zero-order valence-corrected chi connectivity index (χ0v) is 23.0. The molecule has 0 radical (unpaired) electrons. The number of nitrogens with two attached hydrogens (primary N) is 2. The van der Waals surface area contributed by atoms with E-state index in [1.165, 1.54) is 31.4 Å². The molecular weight excluding hydrogens is 534 g/mol. The average molecular weight is 564 g/mol. The number of nitrogen functional groups attached to an aromatic ring is 1. The Hall–Kier alpha value is -3.21. The van der Waals surface area contributed by atoms with Crippen LogP contribution in [0.2, 0.25) is 5.15 Å². The molecule has 1 atom stereocenters. The summed E-state index contributed by atoms with van der Waals surface area (Å²) in [5, 5.41) is 9.82. The summed E-state index contributed by atoms with van der Waals surface area (Å²) in [5.74, 6) is 1.27. The number of halogens is 1. The fraction of sp³-hybridized carbons (Fsp3) is 0.409. The lowest BCUT2D eigenvalue weighted by Crippen LogP contribution is -2.46. The van der Waals surface area contributed by atoms with Crippen molar-refractivity contribution in [3.63, 3.8) is 0 Å². The van der Waals surface area contributed by atoms with E-state index in [-0.39, 0.29) is 22.8 Å². The third-order valence-electron chi connectivity index (χ3n) is 5.88. The summed E-state index contributed by atoms with van der Waals surface area (Å²) in [6.07, 6.45) is 3.22. The van der Waals surface area contributed by atoms with Crippen molar-refractivity contribution < 1.29 is 13.2 Å². The lowest BCUT2D eigenvalue weighted by molar-refractivity contribution is 0.0198. The monoisotopic (exact) mass is 563 g/mol. The van der Waals surface area contributed by atoms with Gasteiger partial charge in [-0.25, -0.2) is 25.1 Å². The number of hydrogen-bond acceptors (Lipinski definition) is 12. The fourth-order valence-electron chi connectivity index (χ4n) is 4.13. The van der Waals surface area contributed by atoms with Crippen molar-refractivity contribution in [1.82, 2.24) is 34.8 Å². The number of nitrogens with zero attached hydrogens (tertiary/aromatic N) is 8. The number of morpholine rings is 1. The third kappa shape index (κ3) is 6.25. The van der Waals surface area contributed by atoms with Crippen LogP contribution in [-0.2, 0) is 14.9 Å². The van der Waals surface area contributed by atoms with Gasteiger partial charge in [-0.15, -0.1) is 0 Å². The number of hydrazine groups is 1. The van der Waals surface area contributed by atoms with E-state index in [0.29, 0.717) is 41.9 Å². The van der Waals surface area contributed by atoms with Crippen molar-refractivity contribution in [2.45, 2.75) is 19.9 Å². The predicted octanol–water partition coefficient (Wildman–Crippen LogP) is 1.50. The van der Waals surface area contributed by atoms with Crippen LogP contribution in [-0.4, -0.2) is 83.6 Å². The highest BCUT2D eigenvalue weighted by molar-refractivity contribution is 7.90. The molecule has 0 saturated carbocycles. The van der Waals surface area contributed by atoms with Gasteiger partial charge in [0.2, 0.25) is 5.95 Å². The van der Waals surface area contributed by atoms with Crippen molar-refractivity contribution in [2.75, 3.05) is 55.9 Å². The van der Waals surface area contributed by atoms with Gasteiger partial charge in [0.15, 0.2) is 11.0 Å². The number of aromatic nitrogens is 5. The standard InChI is InChI=1S/C22H30ClN11O3S/c1-13(33-5-7-37-8-6-33)15-9-17(21-28-14(2)29-22(24)31-21)20(27-11-15)30-16-10-18(19(23)26-12-16)34(32(3)4)38(25,35)36/h9-13H,5-8H2,1-4H3,(H,27,30)(H2,25,35,36)(H2,24,28,29,31). The molecular formula is C22H30ClN11O3S. The second-order valence-corrected chi connectivity index (χ2v) is 10.6. The van der Waals surface area contributed by atoms with Gasteiger partial charge in [-0.05, 0) is 31.5 Å². The quantitative estimate of drug-likeness (QED) is 0.265. The first-order chi connectivity index (χ1) is 17.9. The molecule has 0 aromatic carbocycles. The first-order valence-corrected chi connectivity index (χ1v) is 13.5. The number of rotatable bonds is 8. The van der Waals surface area contributed by atoms with E-state index in [0.717, 1.165) is 23.1 Å². The molecule has 0 bridgehead atoms. The van der Waals surface area contributed by atoms with E-state index in [2.05, 4.69) is 42.1 Å². The summed E-state index contributed by atoms with van der Waals surface area (Å²) < 4.78 is 30.8. The highest BCUT2D eigenvalue weighted by atomic mass is 35.5. The Morgan fingerprint density at radius 3 is 2.47 bits per heavy atom. The van der Waals surface area contributed by atoms with E-state index in [1.54, 1.807) is 13.1 Å². The molecule has 14 nitrogen and oxygen atoms in total. The van der Waals surface area contributed by atoms with Gasteiger partial charge in [0.25, 0.3) is 0 Å².